The van der Waals surface area contributed by atoms with E-state index < -0.39 is 11.6 Å². The predicted octanol–water partition coefficient (Wildman–Crippen LogP) is 5.67. The third kappa shape index (κ3) is 5.96. The Balaban J connectivity index is 2.60. The van der Waals surface area contributed by atoms with Crippen LogP contribution in [0.1, 0.15) is 18.1 Å². The van der Waals surface area contributed by atoms with Gasteiger partial charge in [-0.05, 0) is 54.7 Å². The molecule has 2 aromatic carbocycles. The number of thioether (sulfide) groups is 1. The summed E-state index contributed by atoms with van der Waals surface area (Å²) >= 11 is 1.68. The van der Waals surface area contributed by atoms with Crippen LogP contribution in [0.25, 0.3) is 5.57 Å². The van der Waals surface area contributed by atoms with E-state index in [4.69, 9.17) is 4.74 Å². The predicted molar refractivity (Wildman–Crippen MR) is 112 cm³/mol. The molecule has 28 heavy (non-hydrogen) atoms. The molecule has 0 unspecified atom stereocenters. The SMILES string of the molecule is CSCc1ccc(Oc2ccc(F)cc2F)c(C(/C=C(/C)C=O)=C/N(C)C)c1. The molecule has 0 fully saturated rings. The summed E-state index contributed by atoms with van der Waals surface area (Å²) in [7, 11) is 3.74. The Labute approximate surface area is 168 Å². The Kier molecular flexibility index (Phi) is 7.81. The van der Waals surface area contributed by atoms with Crippen molar-refractivity contribution in [2.45, 2.75) is 12.7 Å². The number of allylic oxidation sites excluding steroid dienone is 3. The molecule has 0 saturated heterocycles. The maximum absolute atomic E-state index is 14.1. The first-order valence-corrected chi connectivity index (χ1v) is 10.00. The van der Waals surface area contributed by atoms with Gasteiger partial charge in [0.15, 0.2) is 11.6 Å². The molecule has 3 nitrogen and oxygen atoms in total. The van der Waals surface area contributed by atoms with E-state index in [1.54, 1.807) is 30.8 Å². The van der Waals surface area contributed by atoms with Gasteiger partial charge in [-0.3, -0.25) is 4.79 Å². The van der Waals surface area contributed by atoms with Gasteiger partial charge >= 0.3 is 0 Å². The highest BCUT2D eigenvalue weighted by Crippen LogP contribution is 2.34. The van der Waals surface area contributed by atoms with Gasteiger partial charge < -0.3 is 9.64 Å². The number of ether oxygens (including phenoxy) is 1. The number of aldehydes is 1. The van der Waals surface area contributed by atoms with Crippen LogP contribution in [-0.4, -0.2) is 31.5 Å². The number of benzene rings is 2. The third-order valence-corrected chi connectivity index (χ3v) is 4.37. The van der Waals surface area contributed by atoms with Gasteiger partial charge in [0.2, 0.25) is 0 Å². The van der Waals surface area contributed by atoms with Gasteiger partial charge in [0.25, 0.3) is 0 Å². The van der Waals surface area contributed by atoms with Crippen LogP contribution >= 0.6 is 11.8 Å². The van der Waals surface area contributed by atoms with Crippen LogP contribution < -0.4 is 4.74 Å². The number of hydrogen-bond acceptors (Lipinski definition) is 4. The Hall–Kier alpha value is -2.60. The summed E-state index contributed by atoms with van der Waals surface area (Å²) in [6, 6.07) is 8.80. The molecule has 0 aliphatic rings. The maximum atomic E-state index is 14.1. The first-order chi connectivity index (χ1) is 13.3. The first-order valence-electron chi connectivity index (χ1n) is 8.61. The number of halogens is 2. The van der Waals surface area contributed by atoms with E-state index in [-0.39, 0.29) is 5.75 Å². The zero-order chi connectivity index (χ0) is 20.7. The molecule has 0 aromatic heterocycles. The lowest BCUT2D eigenvalue weighted by Gasteiger charge is -2.16. The van der Waals surface area contributed by atoms with E-state index in [1.807, 2.05) is 43.6 Å². The molecule has 0 spiro atoms. The van der Waals surface area contributed by atoms with Crippen LogP contribution in [0.3, 0.4) is 0 Å². The maximum Gasteiger partial charge on any atom is 0.168 e. The normalized spacial score (nSPS) is 12.1. The zero-order valence-electron chi connectivity index (χ0n) is 16.3. The Morgan fingerprint density at radius 3 is 2.46 bits per heavy atom. The summed E-state index contributed by atoms with van der Waals surface area (Å²) in [6.45, 7) is 1.71. The summed E-state index contributed by atoms with van der Waals surface area (Å²) in [5, 5.41) is 0. The molecule has 0 bridgehead atoms. The lowest BCUT2D eigenvalue weighted by Crippen LogP contribution is -2.03. The second kappa shape index (κ2) is 10.1. The average Bonchev–Trinajstić information content (AvgIpc) is 2.64. The number of carbonyl (C=O) groups is 1. The van der Waals surface area contributed by atoms with E-state index in [0.717, 1.165) is 35.3 Å². The highest BCUT2D eigenvalue weighted by molar-refractivity contribution is 7.97. The van der Waals surface area contributed by atoms with Gasteiger partial charge in [-0.15, -0.1) is 0 Å². The smallest absolute Gasteiger partial charge is 0.168 e. The molecule has 2 rings (SSSR count). The van der Waals surface area contributed by atoms with Crippen molar-refractivity contribution in [2.75, 3.05) is 20.4 Å². The van der Waals surface area contributed by atoms with Crippen LogP contribution in [0.4, 0.5) is 8.78 Å². The Morgan fingerprint density at radius 2 is 1.86 bits per heavy atom. The zero-order valence-corrected chi connectivity index (χ0v) is 17.1. The molecular formula is C22H23F2NO2S. The Morgan fingerprint density at radius 1 is 1.14 bits per heavy atom. The van der Waals surface area contributed by atoms with Crippen molar-refractivity contribution < 1.29 is 18.3 Å². The summed E-state index contributed by atoms with van der Waals surface area (Å²) in [5.74, 6) is -0.307. The minimum Gasteiger partial charge on any atom is -0.454 e. The second-order valence-corrected chi connectivity index (χ2v) is 7.36. The first kappa shape index (κ1) is 21.7. The van der Waals surface area contributed by atoms with E-state index in [9.17, 15) is 13.6 Å². The minimum atomic E-state index is -0.781. The standard InChI is InChI=1S/C22H23F2NO2S/c1-15(13-26)9-17(12-25(2)3)19-10-16(14-28-4)5-7-21(19)27-22-8-6-18(23)11-20(22)24/h5-13H,14H2,1-4H3/b15-9-,17-12+. The van der Waals surface area contributed by atoms with Crippen LogP contribution in [0, 0.1) is 11.6 Å². The summed E-state index contributed by atoms with van der Waals surface area (Å²) in [6.07, 6.45) is 6.39. The van der Waals surface area contributed by atoms with Crippen molar-refractivity contribution >= 4 is 23.6 Å². The molecule has 0 heterocycles. The molecule has 148 valence electrons. The third-order valence-electron chi connectivity index (χ3n) is 3.75. The van der Waals surface area contributed by atoms with Gasteiger partial charge in [0, 0.05) is 43.3 Å². The van der Waals surface area contributed by atoms with Crippen LogP contribution in [0.2, 0.25) is 0 Å². The monoisotopic (exact) mass is 403 g/mol. The highest BCUT2D eigenvalue weighted by atomic mass is 32.2. The Bertz CT molecular complexity index is 907. The number of rotatable bonds is 8. The van der Waals surface area contributed by atoms with Crippen molar-refractivity contribution in [1.82, 2.24) is 4.90 Å². The van der Waals surface area contributed by atoms with E-state index in [1.165, 1.54) is 6.07 Å². The molecule has 0 saturated carbocycles. The van der Waals surface area contributed by atoms with E-state index in [2.05, 4.69) is 0 Å². The summed E-state index contributed by atoms with van der Waals surface area (Å²) < 4.78 is 33.1. The fourth-order valence-electron chi connectivity index (χ4n) is 2.57. The van der Waals surface area contributed by atoms with Gasteiger partial charge in [0.05, 0.1) is 0 Å². The molecule has 6 heteroatoms. The molecule has 0 amide bonds. The molecule has 0 N–H and O–H groups in total. The van der Waals surface area contributed by atoms with E-state index >= 15 is 0 Å². The van der Waals surface area contributed by atoms with Crippen LogP contribution in [0.5, 0.6) is 11.5 Å². The molecule has 0 atom stereocenters. The largest absolute Gasteiger partial charge is 0.454 e. The second-order valence-electron chi connectivity index (χ2n) is 6.49. The summed E-state index contributed by atoms with van der Waals surface area (Å²) in [5.41, 5.74) is 3.07. The van der Waals surface area contributed by atoms with Crippen molar-refractivity contribution in [3.8, 4) is 11.5 Å². The fraction of sp³-hybridized carbons (Fsp3) is 0.227. The van der Waals surface area contributed by atoms with Crippen LogP contribution in [-0.2, 0) is 10.5 Å². The van der Waals surface area contributed by atoms with Crippen molar-refractivity contribution in [3.05, 3.63) is 77.0 Å². The molecule has 0 aliphatic heterocycles. The number of hydrogen-bond donors (Lipinski definition) is 0. The van der Waals surface area contributed by atoms with Crippen molar-refractivity contribution in [1.29, 1.82) is 0 Å². The quantitative estimate of drug-likeness (QED) is 0.323. The number of nitrogens with zero attached hydrogens (tertiary/aromatic N) is 1. The highest BCUT2D eigenvalue weighted by Gasteiger charge is 2.14. The van der Waals surface area contributed by atoms with Gasteiger partial charge in [-0.25, -0.2) is 8.78 Å². The molecule has 0 aliphatic carbocycles. The van der Waals surface area contributed by atoms with Crippen LogP contribution in [0.15, 0.2) is 54.2 Å². The van der Waals surface area contributed by atoms with E-state index in [0.29, 0.717) is 16.9 Å². The fourth-order valence-corrected chi connectivity index (χ4v) is 3.08. The number of carbonyl (C=O) groups excluding carboxylic acids is 1. The molecule has 2 aromatic rings. The van der Waals surface area contributed by atoms with Gasteiger partial charge in [0.1, 0.15) is 17.9 Å². The van der Waals surface area contributed by atoms with Gasteiger partial charge in [-0.2, -0.15) is 11.8 Å². The van der Waals surface area contributed by atoms with Gasteiger partial charge in [-0.1, -0.05) is 6.07 Å². The average molecular weight is 403 g/mol. The minimum absolute atomic E-state index is 0.0689. The van der Waals surface area contributed by atoms with Crippen molar-refractivity contribution in [3.63, 3.8) is 0 Å². The van der Waals surface area contributed by atoms with Crippen molar-refractivity contribution in [2.24, 2.45) is 0 Å². The molecule has 0 radical (unpaired) electrons. The molecular weight excluding hydrogens is 380 g/mol. The lowest BCUT2D eigenvalue weighted by atomic mass is 10.0. The lowest BCUT2D eigenvalue weighted by molar-refractivity contribution is -0.104. The topological polar surface area (TPSA) is 29.5 Å². The summed E-state index contributed by atoms with van der Waals surface area (Å²) in [4.78, 5) is 13.0.